The fraction of sp³-hybridized carbons (Fsp3) is 0.733. The smallest absolute Gasteiger partial charge is 0.328 e. The molecule has 8 atom stereocenters. The molecule has 9 N–H and O–H groups in total. The summed E-state index contributed by atoms with van der Waals surface area (Å²) in [5, 5.41) is 46.1. The highest BCUT2D eigenvalue weighted by molar-refractivity contribution is 8.00. The van der Waals surface area contributed by atoms with Crippen LogP contribution in [0.25, 0.3) is 0 Å². The third-order valence-corrected chi connectivity index (χ3v) is 10.3. The topological polar surface area (TPSA) is 248 Å². The van der Waals surface area contributed by atoms with Gasteiger partial charge in [0.2, 0.25) is 23.6 Å². The van der Waals surface area contributed by atoms with E-state index >= 15 is 0 Å². The number of aliphatic hydroxyl groups is 3. The number of thioether (sulfide) groups is 1. The summed E-state index contributed by atoms with van der Waals surface area (Å²) in [6, 6.07) is -0.464. The fourth-order valence-electron chi connectivity index (χ4n) is 6.16. The second-order valence-electron chi connectivity index (χ2n) is 12.3. The molecule has 0 aromatic carbocycles. The van der Waals surface area contributed by atoms with Gasteiger partial charge in [0.15, 0.2) is 0 Å². The van der Waals surface area contributed by atoms with Crippen LogP contribution in [-0.2, 0) is 23.9 Å². The molecule has 0 saturated carbocycles. The Hall–Kier alpha value is -3.45. The Morgan fingerprint density at radius 1 is 0.917 bits per heavy atom. The number of nitrogens with zero attached hydrogens (tertiary/aromatic N) is 1. The number of unbranched alkanes of at least 4 members (excludes halogenated alkanes) is 3. The maximum atomic E-state index is 12.3. The average Bonchev–Trinajstić information content (AvgIpc) is 3.70. The molecule has 8 unspecified atom stereocenters. The molecule has 8 amide bonds. The Morgan fingerprint density at radius 2 is 1.62 bits per heavy atom. The number of hydrogen-bond acceptors (Lipinski definition) is 11. The van der Waals surface area contributed by atoms with Gasteiger partial charge in [-0.1, -0.05) is 12.8 Å². The van der Waals surface area contributed by atoms with E-state index in [1.165, 1.54) is 6.20 Å². The van der Waals surface area contributed by atoms with Crippen molar-refractivity contribution in [2.45, 2.75) is 93.1 Å². The maximum absolute atomic E-state index is 12.3. The van der Waals surface area contributed by atoms with Gasteiger partial charge < -0.3 is 46.6 Å². The SMILES string of the molecule is O=C(/C=C/N1CC(C2OC(CO)C(O)C2O)C(=O)NC1=O)NCCNC(=O)CCCCCNC(=O)CCCCC1SCC2NC(=O)NC21. The summed E-state index contributed by atoms with van der Waals surface area (Å²) >= 11 is 1.87. The van der Waals surface area contributed by atoms with Gasteiger partial charge in [0.1, 0.15) is 18.3 Å². The number of urea groups is 2. The molecule has 4 fully saturated rings. The van der Waals surface area contributed by atoms with Gasteiger partial charge in [-0.15, -0.1) is 0 Å². The fourth-order valence-corrected chi connectivity index (χ4v) is 7.70. The Labute approximate surface area is 282 Å². The van der Waals surface area contributed by atoms with Crippen LogP contribution in [0.2, 0.25) is 0 Å². The highest BCUT2D eigenvalue weighted by Gasteiger charge is 2.50. The summed E-state index contributed by atoms with van der Waals surface area (Å²) in [5.41, 5.74) is 0. The van der Waals surface area contributed by atoms with E-state index < -0.39 is 54.8 Å². The largest absolute Gasteiger partial charge is 0.394 e. The van der Waals surface area contributed by atoms with Gasteiger partial charge in [-0.05, 0) is 25.7 Å². The molecule has 268 valence electrons. The molecule has 0 aromatic rings. The average molecular weight is 698 g/mol. The number of amides is 8. The van der Waals surface area contributed by atoms with Gasteiger partial charge in [0, 0.05) is 62.3 Å². The molecule has 4 heterocycles. The summed E-state index contributed by atoms with van der Waals surface area (Å²) in [4.78, 5) is 73.5. The zero-order valence-electron chi connectivity index (χ0n) is 26.7. The van der Waals surface area contributed by atoms with Crippen molar-refractivity contribution in [1.29, 1.82) is 0 Å². The number of fused-ring (bicyclic) bond motifs is 1. The predicted molar refractivity (Wildman–Crippen MR) is 172 cm³/mol. The van der Waals surface area contributed by atoms with E-state index in [9.17, 15) is 44.1 Å². The molecular formula is C30H47N7O10S. The molecule has 4 rings (SSSR count). The second-order valence-corrected chi connectivity index (χ2v) is 13.6. The maximum Gasteiger partial charge on any atom is 0.328 e. The van der Waals surface area contributed by atoms with Crippen LogP contribution < -0.4 is 31.9 Å². The molecule has 0 aliphatic carbocycles. The molecule has 0 aromatic heterocycles. The molecular weight excluding hydrogens is 650 g/mol. The summed E-state index contributed by atoms with van der Waals surface area (Å²) in [6.45, 7) is 0.127. The monoisotopic (exact) mass is 697 g/mol. The molecule has 48 heavy (non-hydrogen) atoms. The lowest BCUT2D eigenvalue weighted by Gasteiger charge is -2.33. The van der Waals surface area contributed by atoms with Gasteiger partial charge in [0.25, 0.3) is 0 Å². The molecule has 0 bridgehead atoms. The van der Waals surface area contributed by atoms with Crippen LogP contribution in [0.3, 0.4) is 0 Å². The molecule has 4 aliphatic heterocycles. The van der Waals surface area contributed by atoms with Crippen LogP contribution in [0.5, 0.6) is 0 Å². The van der Waals surface area contributed by atoms with E-state index in [1.807, 2.05) is 11.8 Å². The number of carbonyl (C=O) groups excluding carboxylic acids is 6. The Kier molecular flexibility index (Phi) is 14.3. The number of nitrogens with one attached hydrogen (secondary N) is 6. The van der Waals surface area contributed by atoms with Crippen LogP contribution in [0, 0.1) is 5.92 Å². The first kappa shape index (κ1) is 37.4. The lowest BCUT2D eigenvalue weighted by molar-refractivity contribution is -0.134. The minimum atomic E-state index is -1.44. The Morgan fingerprint density at radius 3 is 2.35 bits per heavy atom. The standard InChI is InChI=1S/C30H47N7O10S/c38-15-19-25(42)26(43)27(47-19)17-14-37(30(46)36-28(17)44)13-9-23(41)33-12-11-32-22(40)7-2-1-5-10-31-21(39)8-4-3-6-20-24-18(16-48-20)34-29(45)35-24/h9,13,17-20,24-27,38,42-43H,1-8,10-12,14-16H2,(H,31,39)(H,32,40)(H,33,41)(H2,34,35,45)(H,36,44,46)/b13-9+. The molecule has 0 spiro atoms. The first-order chi connectivity index (χ1) is 23.1. The minimum Gasteiger partial charge on any atom is -0.394 e. The third kappa shape index (κ3) is 10.5. The number of ether oxygens (including phenoxy) is 1. The summed E-state index contributed by atoms with van der Waals surface area (Å²) in [5.74, 6) is -1.50. The molecule has 18 heteroatoms. The lowest BCUT2D eigenvalue weighted by Crippen LogP contribution is -2.57. The third-order valence-electron chi connectivity index (χ3n) is 8.83. The summed E-state index contributed by atoms with van der Waals surface area (Å²) in [6.07, 6.45) is 2.91. The van der Waals surface area contributed by atoms with Crippen molar-refractivity contribution < 1.29 is 48.8 Å². The van der Waals surface area contributed by atoms with Crippen molar-refractivity contribution in [2.24, 2.45) is 5.92 Å². The Bertz CT molecular complexity index is 1210. The molecule has 4 aliphatic rings. The number of carbonyl (C=O) groups is 6. The van der Waals surface area contributed by atoms with Crippen LogP contribution in [0.15, 0.2) is 12.3 Å². The van der Waals surface area contributed by atoms with Crippen molar-refractivity contribution in [3.63, 3.8) is 0 Å². The highest BCUT2D eigenvalue weighted by atomic mass is 32.2. The number of aliphatic hydroxyl groups excluding tert-OH is 3. The molecule has 17 nitrogen and oxygen atoms in total. The van der Waals surface area contributed by atoms with Crippen molar-refractivity contribution in [3.8, 4) is 0 Å². The second kappa shape index (κ2) is 18.4. The Balaban J connectivity index is 0.985. The molecule has 4 saturated heterocycles. The zero-order valence-corrected chi connectivity index (χ0v) is 27.5. The van der Waals surface area contributed by atoms with Crippen molar-refractivity contribution in [3.05, 3.63) is 12.3 Å². The van der Waals surface area contributed by atoms with E-state index in [0.29, 0.717) is 31.1 Å². The molecule has 0 radical (unpaired) electrons. The minimum absolute atomic E-state index is 0.0205. The van der Waals surface area contributed by atoms with Gasteiger partial charge in [-0.3, -0.25) is 29.4 Å². The first-order valence-corrected chi connectivity index (χ1v) is 17.5. The van der Waals surface area contributed by atoms with E-state index in [1.54, 1.807) is 0 Å². The first-order valence-electron chi connectivity index (χ1n) is 16.5. The van der Waals surface area contributed by atoms with Crippen molar-refractivity contribution in [1.82, 2.24) is 36.8 Å². The summed E-state index contributed by atoms with van der Waals surface area (Å²) in [7, 11) is 0. The van der Waals surface area contributed by atoms with Crippen LogP contribution in [0.1, 0.15) is 51.4 Å². The van der Waals surface area contributed by atoms with Crippen LogP contribution >= 0.6 is 11.8 Å². The zero-order chi connectivity index (χ0) is 34.6. The predicted octanol–water partition coefficient (Wildman–Crippen LogP) is -2.22. The summed E-state index contributed by atoms with van der Waals surface area (Å²) < 4.78 is 5.42. The van der Waals surface area contributed by atoms with Crippen molar-refractivity contribution in [2.75, 3.05) is 38.5 Å². The van der Waals surface area contributed by atoms with E-state index in [2.05, 4.69) is 31.9 Å². The number of imide groups is 1. The van der Waals surface area contributed by atoms with Crippen LogP contribution in [0.4, 0.5) is 9.59 Å². The lowest BCUT2D eigenvalue weighted by atomic mass is 9.93. The quantitative estimate of drug-likeness (QED) is 0.0422. The van der Waals surface area contributed by atoms with E-state index in [4.69, 9.17) is 4.74 Å². The van der Waals surface area contributed by atoms with Gasteiger partial charge in [0.05, 0.1) is 30.7 Å². The number of hydrogen-bond donors (Lipinski definition) is 9. The van der Waals surface area contributed by atoms with Gasteiger partial charge in [-0.25, -0.2) is 9.59 Å². The van der Waals surface area contributed by atoms with Crippen molar-refractivity contribution >= 4 is 47.5 Å². The van der Waals surface area contributed by atoms with Crippen LogP contribution in [-0.4, -0.2) is 136 Å². The van der Waals surface area contributed by atoms with E-state index in [-0.39, 0.29) is 49.6 Å². The highest BCUT2D eigenvalue weighted by Crippen LogP contribution is 2.33. The van der Waals surface area contributed by atoms with Gasteiger partial charge in [-0.2, -0.15) is 11.8 Å². The van der Waals surface area contributed by atoms with E-state index in [0.717, 1.165) is 48.8 Å². The van der Waals surface area contributed by atoms with Gasteiger partial charge >= 0.3 is 12.1 Å². The number of rotatable bonds is 18. The normalized spacial score (nSPS) is 29.7.